The summed E-state index contributed by atoms with van der Waals surface area (Å²) in [6.45, 7) is 6.48. The Bertz CT molecular complexity index is 965. The molecule has 2 atom stereocenters. The van der Waals surface area contributed by atoms with E-state index in [-0.39, 0.29) is 17.7 Å². The lowest BCUT2D eigenvalue weighted by molar-refractivity contribution is -0.136. The van der Waals surface area contributed by atoms with E-state index in [0.717, 1.165) is 31.7 Å². The molecule has 2 amide bonds. The highest BCUT2D eigenvalue weighted by atomic mass is 16.5. The molecule has 6 heteroatoms. The second-order valence-electron chi connectivity index (χ2n) is 9.89. The van der Waals surface area contributed by atoms with Crippen LogP contribution in [0.15, 0.2) is 54.6 Å². The summed E-state index contributed by atoms with van der Waals surface area (Å²) in [5, 5.41) is 3.16. The fourth-order valence-electron chi connectivity index (χ4n) is 5.17. The Hall–Kier alpha value is -2.86. The molecule has 2 unspecified atom stereocenters. The van der Waals surface area contributed by atoms with Crippen molar-refractivity contribution in [3.05, 3.63) is 65.7 Å². The number of hydrogen-bond donors (Lipinski definition) is 1. The molecular weight excluding hydrogens is 438 g/mol. The van der Waals surface area contributed by atoms with Crippen LogP contribution in [-0.2, 0) is 22.7 Å². The van der Waals surface area contributed by atoms with Crippen LogP contribution in [0.4, 0.5) is 0 Å². The van der Waals surface area contributed by atoms with Gasteiger partial charge in [0.15, 0.2) is 0 Å². The van der Waals surface area contributed by atoms with E-state index in [0.29, 0.717) is 38.7 Å². The van der Waals surface area contributed by atoms with Crippen LogP contribution in [0.3, 0.4) is 0 Å². The van der Waals surface area contributed by atoms with Gasteiger partial charge in [-0.2, -0.15) is 0 Å². The Morgan fingerprint density at radius 1 is 0.943 bits per heavy atom. The van der Waals surface area contributed by atoms with E-state index in [1.165, 1.54) is 30.4 Å². The minimum Gasteiger partial charge on any atom is -0.493 e. The highest BCUT2D eigenvalue weighted by molar-refractivity contribution is 5.81. The standard InChI is InChI=1S/C29H39N3O3/c1-23-10-7-8-17-31(23)21-25-12-6-5-11-24(25)20-30-29(34)26-13-9-18-32(22-26)28(33)16-19-35-27-14-3-2-4-15-27/h2-6,11-12,14-15,23,26H,7-10,13,16-22H2,1H3,(H,30,34). The molecule has 35 heavy (non-hydrogen) atoms. The summed E-state index contributed by atoms with van der Waals surface area (Å²) >= 11 is 0. The van der Waals surface area contributed by atoms with Gasteiger partial charge in [0.1, 0.15) is 5.75 Å². The number of piperidine rings is 2. The molecule has 2 aliphatic rings. The Morgan fingerprint density at radius 2 is 1.71 bits per heavy atom. The van der Waals surface area contributed by atoms with Crippen molar-refractivity contribution in [2.45, 2.75) is 64.6 Å². The number of carbonyl (C=O) groups is 2. The third kappa shape index (κ3) is 7.31. The molecule has 0 saturated carbocycles. The van der Waals surface area contributed by atoms with Crippen LogP contribution in [0.5, 0.6) is 5.75 Å². The molecule has 2 saturated heterocycles. The summed E-state index contributed by atoms with van der Waals surface area (Å²) in [4.78, 5) is 30.1. The summed E-state index contributed by atoms with van der Waals surface area (Å²) in [5.74, 6) is 0.715. The average molecular weight is 478 g/mol. The number of para-hydroxylation sites is 1. The number of amides is 2. The number of carbonyl (C=O) groups excluding carboxylic acids is 2. The summed E-state index contributed by atoms with van der Waals surface area (Å²) in [5.41, 5.74) is 2.47. The van der Waals surface area contributed by atoms with E-state index in [1.807, 2.05) is 41.3 Å². The summed E-state index contributed by atoms with van der Waals surface area (Å²) in [6, 6.07) is 18.6. The van der Waals surface area contributed by atoms with Gasteiger partial charge in [-0.1, -0.05) is 48.9 Å². The first kappa shape index (κ1) is 25.2. The van der Waals surface area contributed by atoms with E-state index in [2.05, 4.69) is 35.3 Å². The van der Waals surface area contributed by atoms with Gasteiger partial charge in [0, 0.05) is 32.2 Å². The van der Waals surface area contributed by atoms with Crippen molar-refractivity contribution in [3.8, 4) is 5.75 Å². The van der Waals surface area contributed by atoms with Gasteiger partial charge in [-0.05, 0) is 62.4 Å². The van der Waals surface area contributed by atoms with Crippen molar-refractivity contribution in [2.24, 2.45) is 5.92 Å². The van der Waals surface area contributed by atoms with Crippen molar-refractivity contribution < 1.29 is 14.3 Å². The van der Waals surface area contributed by atoms with Crippen molar-refractivity contribution in [3.63, 3.8) is 0 Å². The van der Waals surface area contributed by atoms with Crippen molar-refractivity contribution in [1.29, 1.82) is 0 Å². The summed E-state index contributed by atoms with van der Waals surface area (Å²) in [7, 11) is 0. The largest absolute Gasteiger partial charge is 0.493 e. The molecule has 0 aromatic heterocycles. The highest BCUT2D eigenvalue weighted by Gasteiger charge is 2.28. The Kier molecular flexibility index (Phi) is 9.18. The zero-order chi connectivity index (χ0) is 24.5. The maximum Gasteiger partial charge on any atom is 0.226 e. The number of rotatable bonds is 9. The van der Waals surface area contributed by atoms with Crippen molar-refractivity contribution >= 4 is 11.8 Å². The van der Waals surface area contributed by atoms with Gasteiger partial charge in [0.25, 0.3) is 0 Å². The fourth-order valence-corrected chi connectivity index (χ4v) is 5.17. The average Bonchev–Trinajstić information content (AvgIpc) is 2.90. The second-order valence-corrected chi connectivity index (χ2v) is 9.89. The van der Waals surface area contributed by atoms with Gasteiger partial charge in [-0.3, -0.25) is 14.5 Å². The monoisotopic (exact) mass is 477 g/mol. The van der Waals surface area contributed by atoms with Crippen LogP contribution in [0.2, 0.25) is 0 Å². The van der Waals surface area contributed by atoms with Gasteiger partial charge >= 0.3 is 0 Å². The minimum absolute atomic E-state index is 0.0455. The minimum atomic E-state index is -0.156. The number of likely N-dealkylation sites (tertiary alicyclic amines) is 2. The molecule has 1 N–H and O–H groups in total. The Labute approximate surface area is 209 Å². The zero-order valence-corrected chi connectivity index (χ0v) is 21.0. The van der Waals surface area contributed by atoms with Crippen molar-refractivity contribution in [1.82, 2.24) is 15.1 Å². The van der Waals surface area contributed by atoms with Crippen LogP contribution < -0.4 is 10.1 Å². The predicted molar refractivity (Wildman–Crippen MR) is 138 cm³/mol. The number of nitrogens with one attached hydrogen (secondary N) is 1. The quantitative estimate of drug-likeness (QED) is 0.582. The smallest absolute Gasteiger partial charge is 0.226 e. The Morgan fingerprint density at radius 3 is 2.51 bits per heavy atom. The second kappa shape index (κ2) is 12.7. The maximum atomic E-state index is 13.0. The lowest BCUT2D eigenvalue weighted by atomic mass is 9.96. The number of nitrogens with zero attached hydrogens (tertiary/aromatic N) is 2. The van der Waals surface area contributed by atoms with Crippen LogP contribution in [0.1, 0.15) is 56.6 Å². The lowest BCUT2D eigenvalue weighted by Crippen LogP contribution is -2.45. The molecule has 4 rings (SSSR count). The molecule has 2 aliphatic heterocycles. The third-order valence-corrected chi connectivity index (χ3v) is 7.36. The molecule has 0 radical (unpaired) electrons. The van der Waals surface area contributed by atoms with E-state index in [1.54, 1.807) is 0 Å². The molecule has 2 aromatic rings. The molecule has 188 valence electrons. The Balaban J connectivity index is 1.25. The van der Waals surface area contributed by atoms with Crippen LogP contribution >= 0.6 is 0 Å². The number of ether oxygens (including phenoxy) is 1. The topological polar surface area (TPSA) is 61.9 Å². The predicted octanol–water partition coefficient (Wildman–Crippen LogP) is 4.38. The highest BCUT2D eigenvalue weighted by Crippen LogP contribution is 2.22. The van der Waals surface area contributed by atoms with Crippen LogP contribution in [-0.4, -0.2) is 53.9 Å². The molecule has 2 fully saturated rings. The summed E-state index contributed by atoms with van der Waals surface area (Å²) < 4.78 is 5.67. The molecule has 0 aliphatic carbocycles. The van der Waals surface area contributed by atoms with Gasteiger partial charge in [-0.15, -0.1) is 0 Å². The number of benzene rings is 2. The molecular formula is C29H39N3O3. The zero-order valence-electron chi connectivity index (χ0n) is 21.0. The van der Waals surface area contributed by atoms with E-state index < -0.39 is 0 Å². The maximum absolute atomic E-state index is 13.0. The normalized spacial score (nSPS) is 20.9. The lowest BCUT2D eigenvalue weighted by Gasteiger charge is -2.34. The third-order valence-electron chi connectivity index (χ3n) is 7.36. The molecule has 0 bridgehead atoms. The molecule has 6 nitrogen and oxygen atoms in total. The summed E-state index contributed by atoms with van der Waals surface area (Å²) in [6.07, 6.45) is 5.84. The SMILES string of the molecule is CC1CCCCN1Cc1ccccc1CNC(=O)C1CCCN(C(=O)CCOc2ccccc2)C1. The fraction of sp³-hybridized carbons (Fsp3) is 0.517. The molecule has 2 heterocycles. The van der Waals surface area contributed by atoms with Gasteiger partial charge in [-0.25, -0.2) is 0 Å². The van der Waals surface area contributed by atoms with Gasteiger partial charge in [0.05, 0.1) is 18.9 Å². The van der Waals surface area contributed by atoms with Crippen molar-refractivity contribution in [2.75, 3.05) is 26.2 Å². The first-order valence-electron chi connectivity index (χ1n) is 13.1. The van der Waals surface area contributed by atoms with Gasteiger partial charge in [0.2, 0.25) is 11.8 Å². The van der Waals surface area contributed by atoms with Crippen LogP contribution in [0, 0.1) is 5.92 Å². The van der Waals surface area contributed by atoms with E-state index in [4.69, 9.17) is 4.74 Å². The van der Waals surface area contributed by atoms with E-state index in [9.17, 15) is 9.59 Å². The molecule has 0 spiro atoms. The van der Waals surface area contributed by atoms with Crippen LogP contribution in [0.25, 0.3) is 0 Å². The first-order chi connectivity index (χ1) is 17.1. The first-order valence-corrected chi connectivity index (χ1v) is 13.1. The van der Waals surface area contributed by atoms with Gasteiger partial charge < -0.3 is 15.0 Å². The molecule has 2 aromatic carbocycles. The number of hydrogen-bond acceptors (Lipinski definition) is 4. The van der Waals surface area contributed by atoms with E-state index >= 15 is 0 Å².